The van der Waals surface area contributed by atoms with Crippen LogP contribution in [0, 0.1) is 5.92 Å². The van der Waals surface area contributed by atoms with E-state index >= 15 is 0 Å². The number of anilines is 1. The maximum atomic E-state index is 12.9. The molecular weight excluding hydrogens is 386 g/mol. The lowest BCUT2D eigenvalue weighted by Crippen LogP contribution is -2.45. The van der Waals surface area contributed by atoms with Crippen molar-refractivity contribution in [3.05, 3.63) is 64.6 Å². The van der Waals surface area contributed by atoms with Crippen molar-refractivity contribution in [1.29, 1.82) is 0 Å². The smallest absolute Gasteiger partial charge is 0.235 e. The molecule has 0 fully saturated rings. The van der Waals surface area contributed by atoms with Gasteiger partial charge in [0, 0.05) is 15.9 Å². The van der Waals surface area contributed by atoms with Crippen molar-refractivity contribution >= 4 is 50.6 Å². The zero-order valence-corrected chi connectivity index (χ0v) is 15.4. The van der Waals surface area contributed by atoms with E-state index in [0.717, 1.165) is 15.7 Å². The SMILES string of the molecule is CC1=NC(=S)NC(c2ccccc2)C1C(=O)Nc1ccc(Br)cc1. The molecule has 0 saturated heterocycles. The second-order valence-corrected chi connectivity index (χ2v) is 6.87. The number of thiocarbonyl (C=S) groups is 1. The summed E-state index contributed by atoms with van der Waals surface area (Å²) >= 11 is 8.60. The maximum absolute atomic E-state index is 12.9. The lowest BCUT2D eigenvalue weighted by atomic mass is 9.87. The van der Waals surface area contributed by atoms with Gasteiger partial charge in [0.15, 0.2) is 5.11 Å². The molecule has 6 heteroatoms. The van der Waals surface area contributed by atoms with Crippen molar-refractivity contribution < 1.29 is 4.79 Å². The van der Waals surface area contributed by atoms with E-state index in [9.17, 15) is 4.79 Å². The molecule has 0 aromatic heterocycles. The zero-order valence-electron chi connectivity index (χ0n) is 13.0. The summed E-state index contributed by atoms with van der Waals surface area (Å²) < 4.78 is 0.963. The number of aliphatic imine (C=N–C) groups is 1. The molecule has 3 rings (SSSR count). The number of nitrogens with zero attached hydrogens (tertiary/aromatic N) is 1. The topological polar surface area (TPSA) is 53.5 Å². The first-order valence-corrected chi connectivity index (χ1v) is 8.72. The van der Waals surface area contributed by atoms with Gasteiger partial charge in [0.05, 0.1) is 6.04 Å². The lowest BCUT2D eigenvalue weighted by Gasteiger charge is -2.31. The van der Waals surface area contributed by atoms with Crippen LogP contribution in [0.1, 0.15) is 18.5 Å². The summed E-state index contributed by atoms with van der Waals surface area (Å²) in [7, 11) is 0. The Morgan fingerprint density at radius 2 is 1.83 bits per heavy atom. The van der Waals surface area contributed by atoms with Gasteiger partial charge < -0.3 is 10.6 Å². The number of carbonyl (C=O) groups is 1. The van der Waals surface area contributed by atoms with Gasteiger partial charge in [-0.2, -0.15) is 0 Å². The molecule has 1 aliphatic rings. The van der Waals surface area contributed by atoms with Gasteiger partial charge in [-0.25, -0.2) is 4.99 Å². The molecule has 0 radical (unpaired) electrons. The van der Waals surface area contributed by atoms with E-state index in [1.807, 2.05) is 61.5 Å². The molecule has 24 heavy (non-hydrogen) atoms. The Labute approximate surface area is 154 Å². The fraction of sp³-hybridized carbons (Fsp3) is 0.167. The summed E-state index contributed by atoms with van der Waals surface area (Å²) in [6, 6.07) is 17.1. The van der Waals surface area contributed by atoms with Gasteiger partial charge in [0.2, 0.25) is 5.91 Å². The van der Waals surface area contributed by atoms with Gasteiger partial charge in [-0.1, -0.05) is 46.3 Å². The quantitative estimate of drug-likeness (QED) is 0.761. The van der Waals surface area contributed by atoms with Crippen molar-refractivity contribution in [3.63, 3.8) is 0 Å². The monoisotopic (exact) mass is 401 g/mol. The van der Waals surface area contributed by atoms with Crippen molar-refractivity contribution in [1.82, 2.24) is 5.32 Å². The molecule has 0 saturated carbocycles. The van der Waals surface area contributed by atoms with Crippen LogP contribution in [0.25, 0.3) is 0 Å². The second kappa shape index (κ2) is 7.23. The van der Waals surface area contributed by atoms with Crippen LogP contribution in [-0.2, 0) is 4.79 Å². The third-order valence-electron chi connectivity index (χ3n) is 3.89. The Bertz CT molecular complexity index is 790. The Morgan fingerprint density at radius 1 is 1.17 bits per heavy atom. The molecule has 2 atom stereocenters. The van der Waals surface area contributed by atoms with Crippen LogP contribution in [0.3, 0.4) is 0 Å². The predicted octanol–water partition coefficient (Wildman–Crippen LogP) is 4.09. The van der Waals surface area contributed by atoms with Crippen LogP contribution < -0.4 is 10.6 Å². The van der Waals surface area contributed by atoms with Crippen LogP contribution in [0.2, 0.25) is 0 Å². The van der Waals surface area contributed by atoms with E-state index in [4.69, 9.17) is 12.2 Å². The first-order valence-electron chi connectivity index (χ1n) is 7.51. The number of halogens is 1. The molecule has 1 heterocycles. The van der Waals surface area contributed by atoms with E-state index in [1.165, 1.54) is 0 Å². The average Bonchev–Trinajstić information content (AvgIpc) is 2.57. The fourth-order valence-corrected chi connectivity index (χ4v) is 3.29. The number of nitrogens with one attached hydrogen (secondary N) is 2. The third kappa shape index (κ3) is 3.71. The molecular formula is C18H16BrN3OS. The zero-order chi connectivity index (χ0) is 17.1. The summed E-state index contributed by atoms with van der Waals surface area (Å²) in [6.45, 7) is 1.84. The number of amides is 1. The first kappa shape index (κ1) is 16.8. The van der Waals surface area contributed by atoms with Crippen molar-refractivity contribution in [2.75, 3.05) is 5.32 Å². The highest BCUT2D eigenvalue weighted by atomic mass is 79.9. The minimum atomic E-state index is -0.428. The van der Waals surface area contributed by atoms with Crippen LogP contribution in [0.15, 0.2) is 64.1 Å². The van der Waals surface area contributed by atoms with E-state index in [1.54, 1.807) is 0 Å². The molecule has 2 aromatic carbocycles. The number of carbonyl (C=O) groups excluding carboxylic acids is 1. The summed E-state index contributed by atoms with van der Waals surface area (Å²) in [5.41, 5.74) is 2.46. The Morgan fingerprint density at radius 3 is 2.50 bits per heavy atom. The second-order valence-electron chi connectivity index (χ2n) is 5.56. The van der Waals surface area contributed by atoms with Gasteiger partial charge in [0.1, 0.15) is 5.92 Å². The Kier molecular flexibility index (Phi) is 5.06. The molecule has 0 bridgehead atoms. The van der Waals surface area contributed by atoms with Crippen LogP contribution in [0.5, 0.6) is 0 Å². The van der Waals surface area contributed by atoms with Crippen molar-refractivity contribution in [3.8, 4) is 0 Å². The number of benzene rings is 2. The van der Waals surface area contributed by atoms with E-state index in [-0.39, 0.29) is 11.9 Å². The maximum Gasteiger partial charge on any atom is 0.235 e. The molecule has 2 N–H and O–H groups in total. The first-order chi connectivity index (χ1) is 11.5. The molecule has 2 aromatic rings. The summed E-state index contributed by atoms with van der Waals surface area (Å²) in [4.78, 5) is 17.2. The number of rotatable bonds is 3. The van der Waals surface area contributed by atoms with Gasteiger partial charge in [-0.05, 0) is 49.0 Å². The highest BCUT2D eigenvalue weighted by molar-refractivity contribution is 9.10. The van der Waals surface area contributed by atoms with Gasteiger partial charge in [0.25, 0.3) is 0 Å². The summed E-state index contributed by atoms with van der Waals surface area (Å²) in [5, 5.41) is 6.54. The standard InChI is InChI=1S/C18H16BrN3OS/c1-11-15(17(23)21-14-9-7-13(19)8-10-14)16(22-18(24)20-11)12-5-3-2-4-6-12/h2-10,15-16H,1H3,(H,21,23)(H,22,24). The summed E-state index contributed by atoms with van der Waals surface area (Å²) in [5.74, 6) is -0.537. The lowest BCUT2D eigenvalue weighted by molar-refractivity contribution is -0.118. The molecule has 1 amide bonds. The predicted molar refractivity (Wildman–Crippen MR) is 104 cm³/mol. The molecule has 1 aliphatic heterocycles. The highest BCUT2D eigenvalue weighted by Gasteiger charge is 2.35. The minimum absolute atomic E-state index is 0.109. The molecule has 0 aliphatic carbocycles. The van der Waals surface area contributed by atoms with Gasteiger partial charge in [-0.3, -0.25) is 4.79 Å². The molecule has 2 unspecified atom stereocenters. The normalized spacial score (nSPS) is 20.1. The average molecular weight is 402 g/mol. The van der Waals surface area contributed by atoms with Crippen LogP contribution >= 0.6 is 28.1 Å². The van der Waals surface area contributed by atoms with Crippen LogP contribution in [0.4, 0.5) is 5.69 Å². The summed E-state index contributed by atoms with van der Waals surface area (Å²) in [6.07, 6.45) is 0. The van der Waals surface area contributed by atoms with E-state index in [0.29, 0.717) is 10.8 Å². The van der Waals surface area contributed by atoms with Gasteiger partial charge in [-0.15, -0.1) is 0 Å². The number of hydrogen-bond acceptors (Lipinski definition) is 2. The fourth-order valence-electron chi connectivity index (χ4n) is 2.75. The minimum Gasteiger partial charge on any atom is -0.353 e. The third-order valence-corrected chi connectivity index (χ3v) is 4.63. The molecule has 0 spiro atoms. The van der Waals surface area contributed by atoms with Crippen molar-refractivity contribution in [2.24, 2.45) is 10.9 Å². The van der Waals surface area contributed by atoms with Crippen molar-refractivity contribution in [2.45, 2.75) is 13.0 Å². The van der Waals surface area contributed by atoms with E-state index < -0.39 is 5.92 Å². The van der Waals surface area contributed by atoms with Crippen LogP contribution in [-0.4, -0.2) is 16.7 Å². The Hall–Kier alpha value is -2.05. The highest BCUT2D eigenvalue weighted by Crippen LogP contribution is 2.28. The van der Waals surface area contributed by atoms with Gasteiger partial charge >= 0.3 is 0 Å². The number of hydrogen-bond donors (Lipinski definition) is 2. The largest absolute Gasteiger partial charge is 0.353 e. The van der Waals surface area contributed by atoms with E-state index in [2.05, 4.69) is 31.6 Å². The molecule has 122 valence electrons. The molecule has 4 nitrogen and oxygen atoms in total. The Balaban J connectivity index is 1.89.